The molecule has 2 atom stereocenters. The average Bonchev–Trinajstić information content (AvgIpc) is 2.32. The molecule has 0 aliphatic carbocycles. The van der Waals surface area contributed by atoms with Crippen LogP contribution >= 0.6 is 11.6 Å². The summed E-state index contributed by atoms with van der Waals surface area (Å²) in [4.78, 5) is 0.226. The molecule has 0 aromatic heterocycles. The van der Waals surface area contributed by atoms with E-state index in [4.69, 9.17) is 17.3 Å². The Bertz CT molecular complexity index is 606. The lowest BCUT2D eigenvalue weighted by molar-refractivity contribution is 0.222. The van der Waals surface area contributed by atoms with Crippen molar-refractivity contribution in [2.24, 2.45) is 11.8 Å². The molecule has 1 saturated heterocycles. The zero-order chi connectivity index (χ0) is 15.1. The van der Waals surface area contributed by atoms with Crippen molar-refractivity contribution in [2.75, 3.05) is 18.8 Å². The largest absolute Gasteiger partial charge is 0.398 e. The fourth-order valence-electron chi connectivity index (χ4n) is 2.88. The van der Waals surface area contributed by atoms with Crippen molar-refractivity contribution in [1.29, 1.82) is 0 Å². The first-order chi connectivity index (χ1) is 9.21. The molecule has 1 aromatic rings. The van der Waals surface area contributed by atoms with Gasteiger partial charge in [-0.1, -0.05) is 25.4 Å². The Morgan fingerprint density at radius 1 is 1.25 bits per heavy atom. The van der Waals surface area contributed by atoms with Gasteiger partial charge in [-0.3, -0.25) is 0 Å². The van der Waals surface area contributed by atoms with Crippen molar-refractivity contribution >= 4 is 27.3 Å². The van der Waals surface area contributed by atoms with Crippen LogP contribution in [0.2, 0.25) is 5.02 Å². The van der Waals surface area contributed by atoms with Crippen LogP contribution in [0.3, 0.4) is 0 Å². The van der Waals surface area contributed by atoms with E-state index in [-0.39, 0.29) is 4.90 Å². The number of anilines is 1. The Hall–Kier alpha value is -0.780. The first kappa shape index (κ1) is 15.6. The molecular weight excluding hydrogens is 296 g/mol. The summed E-state index contributed by atoms with van der Waals surface area (Å²) >= 11 is 5.96. The number of sulfonamides is 1. The van der Waals surface area contributed by atoms with Crippen LogP contribution in [-0.2, 0) is 10.0 Å². The van der Waals surface area contributed by atoms with E-state index in [0.717, 1.165) is 6.42 Å². The molecule has 6 heteroatoms. The van der Waals surface area contributed by atoms with Gasteiger partial charge in [0.25, 0.3) is 0 Å². The summed E-state index contributed by atoms with van der Waals surface area (Å²) in [5.74, 6) is 0.732. The van der Waals surface area contributed by atoms with Gasteiger partial charge in [-0.25, -0.2) is 8.42 Å². The van der Waals surface area contributed by atoms with Crippen molar-refractivity contribution < 1.29 is 8.42 Å². The van der Waals surface area contributed by atoms with Crippen LogP contribution < -0.4 is 5.73 Å². The Balaban J connectivity index is 2.45. The predicted molar refractivity (Wildman–Crippen MR) is 82.3 cm³/mol. The van der Waals surface area contributed by atoms with E-state index in [0.29, 0.717) is 41.2 Å². The summed E-state index contributed by atoms with van der Waals surface area (Å²) in [6, 6.07) is 3.07. The Labute approximate surface area is 126 Å². The monoisotopic (exact) mass is 316 g/mol. The number of hydrogen-bond acceptors (Lipinski definition) is 3. The highest BCUT2D eigenvalue weighted by molar-refractivity contribution is 7.89. The third-order valence-corrected chi connectivity index (χ3v) is 5.99. The van der Waals surface area contributed by atoms with Crippen molar-refractivity contribution in [2.45, 2.75) is 32.1 Å². The summed E-state index contributed by atoms with van der Waals surface area (Å²) in [7, 11) is -3.53. The number of hydrogen-bond donors (Lipinski definition) is 1. The minimum Gasteiger partial charge on any atom is -0.398 e. The van der Waals surface area contributed by atoms with Gasteiger partial charge in [0.05, 0.1) is 4.90 Å². The predicted octanol–water partition coefficient (Wildman–Crippen LogP) is 2.90. The summed E-state index contributed by atoms with van der Waals surface area (Å²) in [6.07, 6.45) is 1.06. The molecule has 4 nitrogen and oxygen atoms in total. The Kier molecular flexibility index (Phi) is 4.33. The first-order valence-corrected chi connectivity index (χ1v) is 8.59. The van der Waals surface area contributed by atoms with Crippen LogP contribution in [0.5, 0.6) is 0 Å². The van der Waals surface area contributed by atoms with Crippen LogP contribution in [0.15, 0.2) is 17.0 Å². The topological polar surface area (TPSA) is 63.4 Å². The minimum atomic E-state index is -3.53. The van der Waals surface area contributed by atoms with E-state index in [1.165, 1.54) is 6.07 Å². The van der Waals surface area contributed by atoms with Crippen LogP contribution in [0.1, 0.15) is 25.8 Å². The second-order valence-electron chi connectivity index (χ2n) is 5.89. The highest BCUT2D eigenvalue weighted by Gasteiger charge is 2.33. The normalized spacial score (nSPS) is 24.8. The van der Waals surface area contributed by atoms with Gasteiger partial charge in [0.15, 0.2) is 0 Å². The second-order valence-corrected chi connectivity index (χ2v) is 8.23. The molecule has 0 amide bonds. The molecule has 1 aliphatic heterocycles. The van der Waals surface area contributed by atoms with E-state index < -0.39 is 10.0 Å². The smallest absolute Gasteiger partial charge is 0.243 e. The highest BCUT2D eigenvalue weighted by atomic mass is 35.5. The van der Waals surface area contributed by atoms with E-state index in [9.17, 15) is 8.42 Å². The van der Waals surface area contributed by atoms with Crippen molar-refractivity contribution in [3.05, 3.63) is 22.7 Å². The second kappa shape index (κ2) is 5.54. The molecule has 0 bridgehead atoms. The summed E-state index contributed by atoms with van der Waals surface area (Å²) in [5, 5.41) is 0.352. The molecule has 0 spiro atoms. The molecular formula is C14H21ClN2O2S. The molecule has 1 aliphatic rings. The van der Waals surface area contributed by atoms with Crippen molar-refractivity contribution in [3.8, 4) is 0 Å². The quantitative estimate of drug-likeness (QED) is 0.853. The van der Waals surface area contributed by atoms with E-state index in [1.54, 1.807) is 17.3 Å². The van der Waals surface area contributed by atoms with Gasteiger partial charge < -0.3 is 5.73 Å². The number of benzene rings is 1. The molecule has 0 saturated carbocycles. The van der Waals surface area contributed by atoms with Crippen LogP contribution in [-0.4, -0.2) is 25.8 Å². The third-order valence-electron chi connectivity index (χ3n) is 3.82. The first-order valence-electron chi connectivity index (χ1n) is 6.77. The van der Waals surface area contributed by atoms with Gasteiger partial charge in [0.1, 0.15) is 0 Å². The van der Waals surface area contributed by atoms with Crippen LogP contribution in [0, 0.1) is 18.8 Å². The number of nitrogens with two attached hydrogens (primary N) is 1. The van der Waals surface area contributed by atoms with Crippen molar-refractivity contribution in [3.63, 3.8) is 0 Å². The summed E-state index contributed by atoms with van der Waals surface area (Å²) in [6.45, 7) is 6.99. The fraction of sp³-hybridized carbons (Fsp3) is 0.571. The molecule has 1 heterocycles. The molecule has 1 aromatic carbocycles. The van der Waals surface area contributed by atoms with Gasteiger partial charge in [-0.05, 0) is 42.9 Å². The maximum Gasteiger partial charge on any atom is 0.243 e. The van der Waals surface area contributed by atoms with Gasteiger partial charge in [0.2, 0.25) is 10.0 Å². The number of nitrogens with zero attached hydrogens (tertiary/aromatic N) is 1. The van der Waals surface area contributed by atoms with Gasteiger partial charge >= 0.3 is 0 Å². The zero-order valence-corrected chi connectivity index (χ0v) is 13.6. The average molecular weight is 317 g/mol. The number of rotatable bonds is 2. The van der Waals surface area contributed by atoms with Gasteiger partial charge in [0, 0.05) is 23.8 Å². The molecule has 20 heavy (non-hydrogen) atoms. The number of nitrogen functional groups attached to an aromatic ring is 1. The highest BCUT2D eigenvalue weighted by Crippen LogP contribution is 2.31. The minimum absolute atomic E-state index is 0.226. The standard InChI is InChI=1S/C14H21ClN2O2S/c1-9-4-10(2)8-17(7-9)20(18,19)14-6-12(15)5-13(16)11(14)3/h5-6,9-10H,4,7-8,16H2,1-3H3. The lowest BCUT2D eigenvalue weighted by Crippen LogP contribution is -2.42. The maximum absolute atomic E-state index is 12.8. The molecule has 2 N–H and O–H groups in total. The number of piperidine rings is 1. The molecule has 0 radical (unpaired) electrons. The van der Waals surface area contributed by atoms with Crippen LogP contribution in [0.4, 0.5) is 5.69 Å². The summed E-state index contributed by atoms with van der Waals surface area (Å²) in [5.41, 5.74) is 6.82. The molecule has 2 rings (SSSR count). The fourth-order valence-corrected chi connectivity index (χ4v) is 5.13. The SMILES string of the molecule is Cc1c(N)cc(Cl)cc1S(=O)(=O)N1CC(C)CC(C)C1. The van der Waals surface area contributed by atoms with E-state index >= 15 is 0 Å². The lowest BCUT2D eigenvalue weighted by Gasteiger charge is -2.34. The van der Waals surface area contributed by atoms with Gasteiger partial charge in [-0.2, -0.15) is 4.31 Å². The Morgan fingerprint density at radius 3 is 2.35 bits per heavy atom. The Morgan fingerprint density at radius 2 is 1.80 bits per heavy atom. The summed E-state index contributed by atoms with van der Waals surface area (Å²) < 4.78 is 27.2. The lowest BCUT2D eigenvalue weighted by atomic mass is 9.94. The van der Waals surface area contributed by atoms with Gasteiger partial charge in [-0.15, -0.1) is 0 Å². The van der Waals surface area contributed by atoms with Crippen molar-refractivity contribution in [1.82, 2.24) is 4.31 Å². The van der Waals surface area contributed by atoms with E-state index in [1.807, 2.05) is 0 Å². The zero-order valence-electron chi connectivity index (χ0n) is 12.1. The number of halogens is 1. The molecule has 112 valence electrons. The molecule has 2 unspecified atom stereocenters. The molecule has 1 fully saturated rings. The maximum atomic E-state index is 12.8. The van der Waals surface area contributed by atoms with E-state index in [2.05, 4.69) is 13.8 Å². The third kappa shape index (κ3) is 2.95. The van der Waals surface area contributed by atoms with Crippen LogP contribution in [0.25, 0.3) is 0 Å².